The number of ether oxygens (including phenoxy) is 1. The summed E-state index contributed by atoms with van der Waals surface area (Å²) in [4.78, 5) is 21.3. The number of nitrogens with zero attached hydrogens (tertiary/aromatic N) is 6. The molecule has 27 heavy (non-hydrogen) atoms. The lowest BCUT2D eigenvalue weighted by molar-refractivity contribution is -0.391. The molecule has 0 spiro atoms. The van der Waals surface area contributed by atoms with Crippen LogP contribution in [-0.2, 0) is 30.0 Å². The summed E-state index contributed by atoms with van der Waals surface area (Å²) in [7, 11) is 0. The van der Waals surface area contributed by atoms with E-state index >= 15 is 0 Å². The van der Waals surface area contributed by atoms with Crippen molar-refractivity contribution in [3.63, 3.8) is 0 Å². The van der Waals surface area contributed by atoms with Crippen LogP contribution in [0.3, 0.4) is 0 Å². The molecular weight excluding hydrogens is 364 g/mol. The number of hydrogen-bond acceptors (Lipinski definition) is 9. The van der Waals surface area contributed by atoms with E-state index in [0.29, 0.717) is 12.3 Å². The van der Waals surface area contributed by atoms with E-state index in [4.69, 9.17) is 4.74 Å². The lowest BCUT2D eigenvalue weighted by Crippen LogP contribution is -2.45. The predicted octanol–water partition coefficient (Wildman–Crippen LogP) is 0.0628. The summed E-state index contributed by atoms with van der Waals surface area (Å²) in [6.07, 6.45) is -1.27. The van der Waals surface area contributed by atoms with Gasteiger partial charge in [0.05, 0.1) is 60.1 Å². The highest BCUT2D eigenvalue weighted by Gasteiger charge is 2.49. The van der Waals surface area contributed by atoms with Crippen molar-refractivity contribution < 1.29 is 24.8 Å². The first kappa shape index (κ1) is 18.9. The largest absolute Gasteiger partial charge is 0.396 e. The van der Waals surface area contributed by atoms with Crippen molar-refractivity contribution in [1.82, 2.24) is 19.6 Å². The summed E-state index contributed by atoms with van der Waals surface area (Å²) in [5.74, 6) is -1.05. The van der Waals surface area contributed by atoms with Gasteiger partial charge in [-0.2, -0.15) is 9.36 Å². The zero-order valence-corrected chi connectivity index (χ0v) is 14.6. The summed E-state index contributed by atoms with van der Waals surface area (Å²) in [6, 6.07) is 1.05. The maximum Gasteiger partial charge on any atom is 0.396 e. The van der Waals surface area contributed by atoms with Crippen molar-refractivity contribution in [1.29, 1.82) is 0 Å². The van der Waals surface area contributed by atoms with Gasteiger partial charge in [-0.3, -0.25) is 0 Å². The molecule has 146 valence electrons. The van der Waals surface area contributed by atoms with Crippen LogP contribution in [0.1, 0.15) is 30.8 Å². The Morgan fingerprint density at radius 1 is 1.37 bits per heavy atom. The van der Waals surface area contributed by atoms with Gasteiger partial charge < -0.3 is 35.2 Å². The first-order chi connectivity index (χ1) is 12.7. The Hall–Kier alpha value is -2.90. The molecule has 2 aromatic rings. The van der Waals surface area contributed by atoms with Gasteiger partial charge in [-0.25, -0.2) is 0 Å². The maximum absolute atomic E-state index is 11.6. The summed E-state index contributed by atoms with van der Waals surface area (Å²) < 4.78 is 7.86. The fourth-order valence-corrected chi connectivity index (χ4v) is 3.28. The Balaban J connectivity index is 2.33. The van der Waals surface area contributed by atoms with E-state index < -0.39 is 39.7 Å². The van der Waals surface area contributed by atoms with Crippen LogP contribution in [0, 0.1) is 20.2 Å². The lowest BCUT2D eigenvalue weighted by Gasteiger charge is -2.31. The van der Waals surface area contributed by atoms with Crippen molar-refractivity contribution in [2.24, 2.45) is 0 Å². The number of nitro groups is 2. The van der Waals surface area contributed by atoms with Crippen LogP contribution in [-0.4, -0.2) is 52.3 Å². The second-order valence-electron chi connectivity index (χ2n) is 6.32. The normalized spacial score (nSPS) is 17.2. The van der Waals surface area contributed by atoms with Gasteiger partial charge in [0.1, 0.15) is 11.1 Å². The standard InChI is InChI=1S/C14H18N6O7/c1-8(22)14(2,18-9(6-21)5-11(15-18)19(23)24)12-10-7-27-4-3-17(10)16-13(12)20(25)26/h5,8,21-22H,3-4,6-7H2,1-2H3. The Bertz CT molecular complexity index is 904. The molecule has 0 aromatic carbocycles. The topological polar surface area (TPSA) is 172 Å². The van der Waals surface area contributed by atoms with E-state index in [9.17, 15) is 30.4 Å². The van der Waals surface area contributed by atoms with E-state index in [0.717, 1.165) is 10.7 Å². The fourth-order valence-electron chi connectivity index (χ4n) is 3.28. The molecule has 0 amide bonds. The summed E-state index contributed by atoms with van der Waals surface area (Å²) in [5, 5.41) is 50.8. The van der Waals surface area contributed by atoms with E-state index in [2.05, 4.69) is 10.2 Å². The maximum atomic E-state index is 11.6. The van der Waals surface area contributed by atoms with Crippen LogP contribution < -0.4 is 0 Å². The molecule has 0 bridgehead atoms. The van der Waals surface area contributed by atoms with Crippen molar-refractivity contribution in [2.75, 3.05) is 6.61 Å². The molecule has 0 fully saturated rings. The molecule has 0 saturated heterocycles. The third-order valence-electron chi connectivity index (χ3n) is 4.78. The van der Waals surface area contributed by atoms with E-state index in [1.54, 1.807) is 0 Å². The molecule has 2 aromatic heterocycles. The molecule has 13 heteroatoms. The van der Waals surface area contributed by atoms with Crippen LogP contribution in [0.2, 0.25) is 0 Å². The number of fused-ring (bicyclic) bond motifs is 1. The van der Waals surface area contributed by atoms with Crippen LogP contribution in [0.25, 0.3) is 0 Å². The highest BCUT2D eigenvalue weighted by atomic mass is 16.6. The van der Waals surface area contributed by atoms with Gasteiger partial charge in [0.15, 0.2) is 0 Å². The molecule has 2 atom stereocenters. The molecule has 1 aliphatic heterocycles. The molecule has 0 saturated carbocycles. The molecule has 0 aliphatic carbocycles. The van der Waals surface area contributed by atoms with Gasteiger partial charge in [-0.1, -0.05) is 0 Å². The van der Waals surface area contributed by atoms with Gasteiger partial charge in [0, 0.05) is 0 Å². The van der Waals surface area contributed by atoms with Gasteiger partial charge in [-0.05, 0) is 23.7 Å². The number of rotatable bonds is 6. The smallest absolute Gasteiger partial charge is 0.390 e. The lowest BCUT2D eigenvalue weighted by atomic mass is 9.86. The highest BCUT2D eigenvalue weighted by Crippen LogP contribution is 2.40. The first-order valence-corrected chi connectivity index (χ1v) is 8.06. The van der Waals surface area contributed by atoms with Gasteiger partial charge >= 0.3 is 11.6 Å². The minimum Gasteiger partial charge on any atom is -0.390 e. The SMILES string of the molecule is CC(O)C(C)(c1c([N+](=O)[O-])nn2c1COCC2)n1nc([N+](=O)[O-])cc1CO. The minimum atomic E-state index is -1.61. The Morgan fingerprint density at radius 2 is 2.07 bits per heavy atom. The Morgan fingerprint density at radius 3 is 2.63 bits per heavy atom. The Kier molecular flexibility index (Phi) is 4.67. The molecule has 13 nitrogen and oxygen atoms in total. The quantitative estimate of drug-likeness (QED) is 0.517. The monoisotopic (exact) mass is 382 g/mol. The van der Waals surface area contributed by atoms with Crippen LogP contribution in [0.15, 0.2) is 6.07 Å². The first-order valence-electron chi connectivity index (χ1n) is 8.06. The second kappa shape index (κ2) is 6.68. The van der Waals surface area contributed by atoms with Crippen LogP contribution in [0.5, 0.6) is 0 Å². The second-order valence-corrected chi connectivity index (χ2v) is 6.32. The molecular formula is C14H18N6O7. The van der Waals surface area contributed by atoms with E-state index in [1.807, 2.05) is 0 Å². The molecule has 1 aliphatic rings. The summed E-state index contributed by atoms with van der Waals surface area (Å²) in [6.45, 7) is 2.86. The van der Waals surface area contributed by atoms with Crippen LogP contribution >= 0.6 is 0 Å². The molecule has 3 heterocycles. The average molecular weight is 382 g/mol. The van der Waals surface area contributed by atoms with Gasteiger partial charge in [-0.15, -0.1) is 0 Å². The van der Waals surface area contributed by atoms with Gasteiger partial charge in [0.2, 0.25) is 0 Å². The van der Waals surface area contributed by atoms with Crippen molar-refractivity contribution in [2.45, 2.75) is 45.2 Å². The number of hydrogen-bond donors (Lipinski definition) is 2. The molecule has 2 N–H and O–H groups in total. The molecule has 0 radical (unpaired) electrons. The molecule has 3 rings (SSSR count). The van der Waals surface area contributed by atoms with E-state index in [-0.39, 0.29) is 24.4 Å². The van der Waals surface area contributed by atoms with Crippen molar-refractivity contribution in [3.05, 3.63) is 43.2 Å². The number of aromatic nitrogens is 4. The summed E-state index contributed by atoms with van der Waals surface area (Å²) >= 11 is 0. The zero-order valence-electron chi connectivity index (χ0n) is 14.6. The zero-order chi connectivity index (χ0) is 19.9. The minimum absolute atomic E-state index is 0.0241. The van der Waals surface area contributed by atoms with Crippen molar-refractivity contribution in [3.8, 4) is 0 Å². The third-order valence-corrected chi connectivity index (χ3v) is 4.78. The molecule has 2 unspecified atom stereocenters. The number of aliphatic hydroxyl groups is 2. The van der Waals surface area contributed by atoms with Crippen LogP contribution in [0.4, 0.5) is 11.6 Å². The average Bonchev–Trinajstić information content (AvgIpc) is 3.23. The fraction of sp³-hybridized carbons (Fsp3) is 0.571. The van der Waals surface area contributed by atoms with E-state index in [1.165, 1.54) is 18.5 Å². The highest BCUT2D eigenvalue weighted by molar-refractivity contribution is 5.45. The van der Waals surface area contributed by atoms with Crippen molar-refractivity contribution >= 4 is 11.6 Å². The third kappa shape index (κ3) is 2.85. The number of aliphatic hydroxyl groups excluding tert-OH is 2. The van der Waals surface area contributed by atoms with Gasteiger partial charge in [0.25, 0.3) is 0 Å². The Labute approximate surface area is 152 Å². The predicted molar refractivity (Wildman–Crippen MR) is 87.8 cm³/mol. The summed E-state index contributed by atoms with van der Waals surface area (Å²) in [5.41, 5.74) is -1.17.